The number of benzene rings is 2. The van der Waals surface area contributed by atoms with Crippen molar-refractivity contribution in [3.05, 3.63) is 60.7 Å². The van der Waals surface area contributed by atoms with Gasteiger partial charge >= 0.3 is 5.97 Å². The van der Waals surface area contributed by atoms with Crippen LogP contribution in [0.5, 0.6) is 5.75 Å². The first kappa shape index (κ1) is 17.2. The van der Waals surface area contributed by atoms with Crippen molar-refractivity contribution < 1.29 is 19.1 Å². The average Bonchev–Trinajstić information content (AvgIpc) is 2.93. The van der Waals surface area contributed by atoms with Crippen molar-refractivity contribution in [1.29, 1.82) is 0 Å². The molecular weight excluding hydrogens is 342 g/mol. The summed E-state index contributed by atoms with van der Waals surface area (Å²) in [6, 6.07) is 10.6. The Morgan fingerprint density at radius 2 is 1.59 bits per heavy atom. The lowest BCUT2D eigenvalue weighted by molar-refractivity contribution is -0.130. The fourth-order valence-electron chi connectivity index (χ4n) is 3.76. The number of allylic oxidation sites excluding steroid dienone is 2. The number of amides is 2. The summed E-state index contributed by atoms with van der Waals surface area (Å²) < 4.78 is 5.42. The van der Waals surface area contributed by atoms with Crippen LogP contribution < -0.4 is 9.64 Å². The van der Waals surface area contributed by atoms with Crippen LogP contribution in [0.4, 0.5) is 5.69 Å². The summed E-state index contributed by atoms with van der Waals surface area (Å²) in [5.41, 5.74) is 0.828. The standard InChI is InChI=1S/C22H19NO4/c1-13(2)22(26)27-19-12-11-18(14-7-3-4-8-15(14)19)23-20(24)16-9-5-6-10-17(16)21(23)25/h3-8,11-12,16-17H,1,9-10H2,2H3. The van der Waals surface area contributed by atoms with Crippen molar-refractivity contribution in [2.45, 2.75) is 19.8 Å². The molecule has 1 fully saturated rings. The van der Waals surface area contributed by atoms with Crippen LogP contribution in [-0.4, -0.2) is 17.8 Å². The first-order valence-corrected chi connectivity index (χ1v) is 8.91. The molecule has 2 aromatic carbocycles. The molecule has 0 spiro atoms. The van der Waals surface area contributed by atoms with Crippen LogP contribution in [0.2, 0.25) is 0 Å². The highest BCUT2D eigenvalue weighted by molar-refractivity contribution is 6.25. The molecule has 0 aromatic heterocycles. The van der Waals surface area contributed by atoms with Gasteiger partial charge in [-0.05, 0) is 31.9 Å². The fraction of sp³-hybridized carbons (Fsp3) is 0.227. The molecule has 4 rings (SSSR count). The van der Waals surface area contributed by atoms with Crippen LogP contribution in [0, 0.1) is 11.8 Å². The monoisotopic (exact) mass is 361 g/mol. The third-order valence-corrected chi connectivity index (χ3v) is 5.16. The van der Waals surface area contributed by atoms with Gasteiger partial charge in [-0.2, -0.15) is 0 Å². The maximum atomic E-state index is 12.9. The Bertz CT molecular complexity index is 994. The van der Waals surface area contributed by atoms with Gasteiger partial charge in [0.1, 0.15) is 5.75 Å². The summed E-state index contributed by atoms with van der Waals surface area (Å²) in [5, 5.41) is 1.36. The largest absolute Gasteiger partial charge is 0.423 e. The molecule has 5 nitrogen and oxygen atoms in total. The van der Waals surface area contributed by atoms with E-state index in [1.807, 2.05) is 30.4 Å². The number of hydrogen-bond donors (Lipinski definition) is 0. The second-order valence-corrected chi connectivity index (χ2v) is 6.97. The topological polar surface area (TPSA) is 63.7 Å². The number of nitrogens with zero attached hydrogens (tertiary/aromatic N) is 1. The molecule has 0 N–H and O–H groups in total. The molecule has 1 aliphatic heterocycles. The number of imide groups is 1. The normalized spacial score (nSPS) is 21.4. The molecule has 2 atom stereocenters. The highest BCUT2D eigenvalue weighted by Gasteiger charge is 2.48. The average molecular weight is 361 g/mol. The predicted molar refractivity (Wildman–Crippen MR) is 102 cm³/mol. The van der Waals surface area contributed by atoms with Gasteiger partial charge in [0.2, 0.25) is 11.8 Å². The number of ether oxygens (including phenoxy) is 1. The van der Waals surface area contributed by atoms with Crippen LogP contribution in [0.25, 0.3) is 10.8 Å². The third kappa shape index (κ3) is 2.76. The zero-order valence-corrected chi connectivity index (χ0v) is 15.0. The molecule has 136 valence electrons. The van der Waals surface area contributed by atoms with Crippen LogP contribution in [0.15, 0.2) is 60.7 Å². The highest BCUT2D eigenvalue weighted by Crippen LogP contribution is 2.41. The summed E-state index contributed by atoms with van der Waals surface area (Å²) >= 11 is 0. The van der Waals surface area contributed by atoms with Crippen LogP contribution in [0.1, 0.15) is 19.8 Å². The molecule has 0 radical (unpaired) electrons. The summed E-state index contributed by atoms with van der Waals surface area (Å²) in [4.78, 5) is 39.1. The number of hydrogen-bond acceptors (Lipinski definition) is 4. The molecule has 0 bridgehead atoms. The Morgan fingerprint density at radius 3 is 2.19 bits per heavy atom. The molecule has 1 saturated heterocycles. The van der Waals surface area contributed by atoms with Gasteiger partial charge in [-0.3, -0.25) is 9.59 Å². The number of rotatable bonds is 3. The molecule has 0 saturated carbocycles. The van der Waals surface area contributed by atoms with Gasteiger partial charge in [-0.25, -0.2) is 9.69 Å². The van der Waals surface area contributed by atoms with Gasteiger partial charge in [0.25, 0.3) is 0 Å². The number of carbonyl (C=O) groups excluding carboxylic acids is 3. The van der Waals surface area contributed by atoms with Crippen LogP contribution >= 0.6 is 0 Å². The molecule has 1 heterocycles. The second kappa shape index (κ2) is 6.50. The van der Waals surface area contributed by atoms with Gasteiger partial charge < -0.3 is 4.74 Å². The lowest BCUT2D eigenvalue weighted by Crippen LogP contribution is -2.31. The zero-order valence-electron chi connectivity index (χ0n) is 15.0. The van der Waals surface area contributed by atoms with Crippen molar-refractivity contribution >= 4 is 34.2 Å². The lowest BCUT2D eigenvalue weighted by atomic mass is 9.85. The lowest BCUT2D eigenvalue weighted by Gasteiger charge is -2.19. The Labute approximate surface area is 156 Å². The quantitative estimate of drug-likeness (QED) is 0.274. The minimum atomic E-state index is -0.515. The summed E-state index contributed by atoms with van der Waals surface area (Å²) in [6.45, 7) is 5.17. The summed E-state index contributed by atoms with van der Waals surface area (Å²) in [7, 11) is 0. The van der Waals surface area contributed by atoms with Crippen LogP contribution in [0.3, 0.4) is 0 Å². The Balaban J connectivity index is 1.80. The smallest absolute Gasteiger partial charge is 0.338 e. The summed E-state index contributed by atoms with van der Waals surface area (Å²) in [6.07, 6.45) is 5.12. The van der Waals surface area contributed by atoms with E-state index in [2.05, 4.69) is 6.58 Å². The van der Waals surface area contributed by atoms with Crippen molar-refractivity contribution in [2.75, 3.05) is 4.90 Å². The Kier molecular flexibility index (Phi) is 4.15. The first-order valence-electron chi connectivity index (χ1n) is 8.91. The summed E-state index contributed by atoms with van der Waals surface area (Å²) in [5.74, 6) is -1.04. The molecule has 2 aromatic rings. The molecule has 5 heteroatoms. The molecular formula is C22H19NO4. The van der Waals surface area contributed by atoms with E-state index in [4.69, 9.17) is 4.74 Å². The van der Waals surface area contributed by atoms with Gasteiger partial charge in [-0.1, -0.05) is 43.0 Å². The minimum Gasteiger partial charge on any atom is -0.423 e. The van der Waals surface area contributed by atoms with E-state index < -0.39 is 5.97 Å². The van der Waals surface area contributed by atoms with E-state index in [-0.39, 0.29) is 23.7 Å². The first-order chi connectivity index (χ1) is 13.0. The van der Waals surface area contributed by atoms with Crippen LogP contribution in [-0.2, 0) is 14.4 Å². The maximum absolute atomic E-state index is 12.9. The molecule has 27 heavy (non-hydrogen) atoms. The third-order valence-electron chi connectivity index (χ3n) is 5.16. The molecule has 2 aliphatic rings. The van der Waals surface area contributed by atoms with E-state index in [1.54, 1.807) is 25.1 Å². The van der Waals surface area contributed by atoms with E-state index in [9.17, 15) is 14.4 Å². The number of carbonyl (C=O) groups is 3. The van der Waals surface area contributed by atoms with Gasteiger partial charge in [0.05, 0.1) is 17.5 Å². The van der Waals surface area contributed by atoms with E-state index in [1.165, 1.54) is 4.90 Å². The van der Waals surface area contributed by atoms with Crippen molar-refractivity contribution in [2.24, 2.45) is 11.8 Å². The molecule has 1 aliphatic carbocycles. The second-order valence-electron chi connectivity index (χ2n) is 6.97. The maximum Gasteiger partial charge on any atom is 0.338 e. The van der Waals surface area contributed by atoms with Crippen molar-refractivity contribution in [3.8, 4) is 5.75 Å². The van der Waals surface area contributed by atoms with E-state index in [0.717, 1.165) is 0 Å². The number of anilines is 1. The minimum absolute atomic E-state index is 0.161. The SMILES string of the molecule is C=C(C)C(=O)Oc1ccc(N2C(=O)C3CC=CCC3C2=O)c2ccccc12. The predicted octanol–water partition coefficient (Wildman–Crippen LogP) is 3.78. The Morgan fingerprint density at radius 1 is 1.00 bits per heavy atom. The highest BCUT2D eigenvalue weighted by atomic mass is 16.5. The zero-order chi connectivity index (χ0) is 19.1. The fourth-order valence-corrected chi connectivity index (χ4v) is 3.76. The molecule has 2 unspecified atom stereocenters. The van der Waals surface area contributed by atoms with Gasteiger partial charge in [0, 0.05) is 16.3 Å². The van der Waals surface area contributed by atoms with Gasteiger partial charge in [-0.15, -0.1) is 0 Å². The number of fused-ring (bicyclic) bond motifs is 2. The molecule has 2 amide bonds. The van der Waals surface area contributed by atoms with Gasteiger partial charge in [0.15, 0.2) is 0 Å². The van der Waals surface area contributed by atoms with Crippen molar-refractivity contribution in [3.63, 3.8) is 0 Å². The Hall–Kier alpha value is -3.21. The van der Waals surface area contributed by atoms with E-state index >= 15 is 0 Å². The number of esters is 1. The van der Waals surface area contributed by atoms with Crippen molar-refractivity contribution in [1.82, 2.24) is 0 Å². The van der Waals surface area contributed by atoms with E-state index in [0.29, 0.717) is 40.6 Å².